The molecular formula is C11H20N2O3. The van der Waals surface area contributed by atoms with Gasteiger partial charge in [0.1, 0.15) is 6.04 Å². The molecule has 0 saturated carbocycles. The molecule has 1 rings (SSSR count). The number of carbonyl (C=O) groups is 2. The van der Waals surface area contributed by atoms with Crippen LogP contribution in [0.2, 0.25) is 0 Å². The second-order valence-electron chi connectivity index (χ2n) is 3.88. The third-order valence-corrected chi connectivity index (χ3v) is 2.89. The molecule has 5 heteroatoms. The minimum absolute atomic E-state index is 0.0194. The SMILES string of the molecule is CCOC(=O)C(CC)N1CCNC(=O)C1C. The number of amides is 1. The van der Waals surface area contributed by atoms with Crippen LogP contribution in [0, 0.1) is 0 Å². The van der Waals surface area contributed by atoms with Gasteiger partial charge in [-0.25, -0.2) is 0 Å². The standard InChI is InChI=1S/C11H20N2O3/c1-4-9(11(15)16-5-2)13-7-6-12-10(14)8(13)3/h8-9H,4-7H2,1-3H3,(H,12,14). The lowest BCUT2D eigenvalue weighted by Gasteiger charge is -2.37. The molecule has 5 nitrogen and oxygen atoms in total. The zero-order valence-corrected chi connectivity index (χ0v) is 10.2. The van der Waals surface area contributed by atoms with Gasteiger partial charge >= 0.3 is 5.97 Å². The van der Waals surface area contributed by atoms with E-state index in [2.05, 4.69) is 5.32 Å². The Morgan fingerprint density at radius 1 is 1.62 bits per heavy atom. The van der Waals surface area contributed by atoms with E-state index in [1.807, 2.05) is 18.7 Å². The zero-order valence-electron chi connectivity index (χ0n) is 10.2. The van der Waals surface area contributed by atoms with Gasteiger partial charge in [-0.15, -0.1) is 0 Å². The Bertz CT molecular complexity index is 268. The van der Waals surface area contributed by atoms with Crippen molar-refractivity contribution in [3.8, 4) is 0 Å². The van der Waals surface area contributed by atoms with E-state index < -0.39 is 0 Å². The van der Waals surface area contributed by atoms with Gasteiger partial charge in [-0.05, 0) is 20.3 Å². The number of nitrogens with one attached hydrogen (secondary N) is 1. The van der Waals surface area contributed by atoms with Crippen LogP contribution in [0.25, 0.3) is 0 Å². The van der Waals surface area contributed by atoms with Gasteiger partial charge in [0.25, 0.3) is 0 Å². The first-order chi connectivity index (χ1) is 7.61. The minimum Gasteiger partial charge on any atom is -0.465 e. The smallest absolute Gasteiger partial charge is 0.323 e. The van der Waals surface area contributed by atoms with Crippen molar-refractivity contribution >= 4 is 11.9 Å². The predicted octanol–water partition coefficient (Wildman–Crippen LogP) is 0.148. The summed E-state index contributed by atoms with van der Waals surface area (Å²) >= 11 is 0. The van der Waals surface area contributed by atoms with Gasteiger partial charge in [-0.3, -0.25) is 14.5 Å². The highest BCUT2D eigenvalue weighted by Crippen LogP contribution is 2.13. The number of rotatable bonds is 4. The molecule has 1 aliphatic rings. The number of ether oxygens (including phenoxy) is 1. The van der Waals surface area contributed by atoms with Crippen LogP contribution < -0.4 is 5.32 Å². The fourth-order valence-electron chi connectivity index (χ4n) is 2.00. The summed E-state index contributed by atoms with van der Waals surface area (Å²) in [4.78, 5) is 25.1. The van der Waals surface area contributed by atoms with Crippen LogP contribution in [0.1, 0.15) is 27.2 Å². The number of esters is 1. The summed E-state index contributed by atoms with van der Waals surface area (Å²) < 4.78 is 5.02. The molecule has 0 aliphatic carbocycles. The maximum Gasteiger partial charge on any atom is 0.323 e. The van der Waals surface area contributed by atoms with Gasteiger partial charge in [0.2, 0.25) is 5.91 Å². The van der Waals surface area contributed by atoms with E-state index in [9.17, 15) is 9.59 Å². The third kappa shape index (κ3) is 2.72. The van der Waals surface area contributed by atoms with E-state index in [0.717, 1.165) is 0 Å². The average molecular weight is 228 g/mol. The first-order valence-electron chi connectivity index (χ1n) is 5.81. The number of nitrogens with zero attached hydrogens (tertiary/aromatic N) is 1. The molecule has 0 aromatic carbocycles. The summed E-state index contributed by atoms with van der Waals surface area (Å²) in [6, 6.07) is -0.566. The fourth-order valence-corrected chi connectivity index (χ4v) is 2.00. The molecule has 0 bridgehead atoms. The molecule has 2 atom stereocenters. The summed E-state index contributed by atoms with van der Waals surface area (Å²) in [5, 5.41) is 2.78. The summed E-state index contributed by atoms with van der Waals surface area (Å²) in [6.07, 6.45) is 0.663. The maximum atomic E-state index is 11.7. The van der Waals surface area contributed by atoms with Gasteiger partial charge in [0.15, 0.2) is 0 Å². The van der Waals surface area contributed by atoms with Crippen LogP contribution in [0.3, 0.4) is 0 Å². The minimum atomic E-state index is -0.305. The number of hydrogen-bond donors (Lipinski definition) is 1. The molecule has 1 heterocycles. The molecule has 0 aromatic rings. The fraction of sp³-hybridized carbons (Fsp3) is 0.818. The van der Waals surface area contributed by atoms with Crippen molar-refractivity contribution in [2.24, 2.45) is 0 Å². The van der Waals surface area contributed by atoms with Gasteiger partial charge in [-0.1, -0.05) is 6.92 Å². The molecule has 92 valence electrons. The second kappa shape index (κ2) is 5.84. The van der Waals surface area contributed by atoms with Crippen molar-refractivity contribution in [1.29, 1.82) is 0 Å². The number of carbonyl (C=O) groups excluding carboxylic acids is 2. The topological polar surface area (TPSA) is 58.6 Å². The van der Waals surface area contributed by atoms with Crippen LogP contribution in [-0.4, -0.2) is 48.6 Å². The first kappa shape index (κ1) is 13.0. The first-order valence-corrected chi connectivity index (χ1v) is 5.81. The summed E-state index contributed by atoms with van der Waals surface area (Å²) in [5.41, 5.74) is 0. The molecule has 1 N–H and O–H groups in total. The molecule has 16 heavy (non-hydrogen) atoms. The van der Waals surface area contributed by atoms with Gasteiger partial charge < -0.3 is 10.1 Å². The summed E-state index contributed by atoms with van der Waals surface area (Å²) in [6.45, 7) is 7.21. The molecular weight excluding hydrogens is 208 g/mol. The summed E-state index contributed by atoms with van der Waals surface area (Å²) in [7, 11) is 0. The van der Waals surface area contributed by atoms with E-state index >= 15 is 0 Å². The van der Waals surface area contributed by atoms with Crippen LogP contribution in [0.4, 0.5) is 0 Å². The van der Waals surface area contributed by atoms with E-state index in [0.29, 0.717) is 26.1 Å². The van der Waals surface area contributed by atoms with Crippen molar-refractivity contribution < 1.29 is 14.3 Å². The van der Waals surface area contributed by atoms with Crippen LogP contribution in [0.5, 0.6) is 0 Å². The highest BCUT2D eigenvalue weighted by molar-refractivity contribution is 5.83. The van der Waals surface area contributed by atoms with Crippen molar-refractivity contribution in [2.45, 2.75) is 39.3 Å². The molecule has 2 unspecified atom stereocenters. The highest BCUT2D eigenvalue weighted by atomic mass is 16.5. The Balaban J connectivity index is 2.71. The predicted molar refractivity (Wildman–Crippen MR) is 59.9 cm³/mol. The van der Waals surface area contributed by atoms with E-state index in [1.54, 1.807) is 6.92 Å². The molecule has 1 fully saturated rings. The van der Waals surface area contributed by atoms with Gasteiger partial charge in [0, 0.05) is 13.1 Å². The molecule has 1 saturated heterocycles. The Kier molecular flexibility index (Phi) is 4.73. The number of piperazine rings is 1. The molecule has 0 aromatic heterocycles. The van der Waals surface area contributed by atoms with E-state index in [4.69, 9.17) is 4.74 Å². The van der Waals surface area contributed by atoms with E-state index in [-0.39, 0.29) is 24.0 Å². The zero-order chi connectivity index (χ0) is 12.1. The summed E-state index contributed by atoms with van der Waals surface area (Å²) in [5.74, 6) is -0.249. The Labute approximate surface area is 96.1 Å². The normalized spacial score (nSPS) is 23.7. The Morgan fingerprint density at radius 3 is 2.88 bits per heavy atom. The van der Waals surface area contributed by atoms with Gasteiger partial charge in [0.05, 0.1) is 12.6 Å². The highest BCUT2D eigenvalue weighted by Gasteiger charge is 2.34. The van der Waals surface area contributed by atoms with Crippen LogP contribution in [0.15, 0.2) is 0 Å². The average Bonchev–Trinajstić information content (AvgIpc) is 2.25. The maximum absolute atomic E-state index is 11.7. The van der Waals surface area contributed by atoms with Gasteiger partial charge in [-0.2, -0.15) is 0 Å². The molecule has 1 amide bonds. The van der Waals surface area contributed by atoms with Crippen molar-refractivity contribution in [3.05, 3.63) is 0 Å². The third-order valence-electron chi connectivity index (χ3n) is 2.89. The lowest BCUT2D eigenvalue weighted by Crippen LogP contribution is -2.59. The lowest BCUT2D eigenvalue weighted by atomic mass is 10.1. The molecule has 1 aliphatic heterocycles. The van der Waals surface area contributed by atoms with Crippen molar-refractivity contribution in [3.63, 3.8) is 0 Å². The van der Waals surface area contributed by atoms with Crippen molar-refractivity contribution in [2.75, 3.05) is 19.7 Å². The van der Waals surface area contributed by atoms with Crippen LogP contribution in [-0.2, 0) is 14.3 Å². The molecule has 0 radical (unpaired) electrons. The monoisotopic (exact) mass is 228 g/mol. The Hall–Kier alpha value is -1.10. The Morgan fingerprint density at radius 2 is 2.31 bits per heavy atom. The van der Waals surface area contributed by atoms with Crippen molar-refractivity contribution in [1.82, 2.24) is 10.2 Å². The van der Waals surface area contributed by atoms with Crippen LogP contribution >= 0.6 is 0 Å². The molecule has 0 spiro atoms. The quantitative estimate of drug-likeness (QED) is 0.696. The number of hydrogen-bond acceptors (Lipinski definition) is 4. The largest absolute Gasteiger partial charge is 0.465 e. The van der Waals surface area contributed by atoms with E-state index in [1.165, 1.54) is 0 Å². The second-order valence-corrected chi connectivity index (χ2v) is 3.88. The lowest BCUT2D eigenvalue weighted by molar-refractivity contribution is -0.152.